The molecule has 0 aliphatic heterocycles. The summed E-state index contributed by atoms with van der Waals surface area (Å²) in [7, 11) is 0. The van der Waals surface area contributed by atoms with Crippen molar-refractivity contribution in [3.05, 3.63) is 33.8 Å². The number of hydrogen-bond donors (Lipinski definition) is 0. The van der Waals surface area contributed by atoms with E-state index >= 15 is 0 Å². The lowest BCUT2D eigenvalue weighted by Crippen LogP contribution is -2.19. The Labute approximate surface area is 99.6 Å². The predicted molar refractivity (Wildman–Crippen MR) is 62.2 cm³/mol. The molecule has 1 fully saturated rings. The van der Waals surface area contributed by atoms with Gasteiger partial charge in [-0.2, -0.15) is 5.26 Å². The molecule has 0 unspecified atom stereocenters. The van der Waals surface area contributed by atoms with Gasteiger partial charge in [0.05, 0.1) is 11.5 Å². The Morgan fingerprint density at radius 2 is 1.87 bits per heavy atom. The lowest BCUT2D eigenvalue weighted by molar-refractivity contribution is 0.573. The van der Waals surface area contributed by atoms with E-state index in [4.69, 9.17) is 23.2 Å². The molecule has 1 aromatic carbocycles. The first-order valence-electron chi connectivity index (χ1n) is 5.05. The standard InChI is InChI=1S/C12H11Cl2N/c13-9-3-4-10(11(14)7-9)12(8-15)5-1-2-6-12/h3-4,7H,1-2,5-6H2. The van der Waals surface area contributed by atoms with Gasteiger partial charge in [-0.1, -0.05) is 42.1 Å². The minimum atomic E-state index is -0.373. The van der Waals surface area contributed by atoms with E-state index < -0.39 is 0 Å². The van der Waals surface area contributed by atoms with Crippen LogP contribution in [0.3, 0.4) is 0 Å². The van der Waals surface area contributed by atoms with Crippen molar-refractivity contribution in [2.75, 3.05) is 0 Å². The molecule has 1 aliphatic carbocycles. The fourth-order valence-corrected chi connectivity index (χ4v) is 2.89. The molecule has 0 atom stereocenters. The van der Waals surface area contributed by atoms with Crippen molar-refractivity contribution in [1.82, 2.24) is 0 Å². The molecule has 1 aliphatic rings. The Balaban J connectivity index is 2.48. The van der Waals surface area contributed by atoms with Gasteiger partial charge in [0, 0.05) is 10.0 Å². The van der Waals surface area contributed by atoms with Crippen LogP contribution in [0.15, 0.2) is 18.2 Å². The van der Waals surface area contributed by atoms with Gasteiger partial charge in [0.25, 0.3) is 0 Å². The van der Waals surface area contributed by atoms with E-state index in [1.54, 1.807) is 12.1 Å². The third-order valence-corrected chi connectivity index (χ3v) is 3.67. The second kappa shape index (κ2) is 4.04. The largest absolute Gasteiger partial charge is 0.197 e. The molecule has 1 aromatic rings. The minimum Gasteiger partial charge on any atom is -0.197 e. The molecule has 0 heterocycles. The average molecular weight is 240 g/mol. The number of halogens is 2. The molecule has 0 spiro atoms. The van der Waals surface area contributed by atoms with Gasteiger partial charge < -0.3 is 0 Å². The lowest BCUT2D eigenvalue weighted by atomic mass is 9.80. The number of rotatable bonds is 1. The van der Waals surface area contributed by atoms with Crippen LogP contribution in [0, 0.1) is 11.3 Å². The van der Waals surface area contributed by atoms with E-state index in [1.807, 2.05) is 6.07 Å². The smallest absolute Gasteiger partial charge is 0.0836 e. The topological polar surface area (TPSA) is 23.8 Å². The fourth-order valence-electron chi connectivity index (χ4n) is 2.30. The molecule has 1 nitrogen and oxygen atoms in total. The van der Waals surface area contributed by atoms with E-state index in [1.165, 1.54) is 0 Å². The highest BCUT2D eigenvalue weighted by atomic mass is 35.5. The van der Waals surface area contributed by atoms with E-state index in [0.717, 1.165) is 31.2 Å². The van der Waals surface area contributed by atoms with Gasteiger partial charge >= 0.3 is 0 Å². The van der Waals surface area contributed by atoms with Crippen LogP contribution in [0.2, 0.25) is 10.0 Å². The second-order valence-corrected chi connectivity index (χ2v) is 4.87. The zero-order chi connectivity index (χ0) is 10.9. The Hall–Kier alpha value is -0.710. The molecule has 3 heteroatoms. The fraction of sp³-hybridized carbons (Fsp3) is 0.417. The molecule has 0 N–H and O–H groups in total. The van der Waals surface area contributed by atoms with Gasteiger partial charge in [0.1, 0.15) is 0 Å². The van der Waals surface area contributed by atoms with Gasteiger partial charge in [-0.25, -0.2) is 0 Å². The van der Waals surface area contributed by atoms with Crippen LogP contribution in [0.1, 0.15) is 31.2 Å². The molecular weight excluding hydrogens is 229 g/mol. The molecular formula is C12H11Cl2N. The highest BCUT2D eigenvalue weighted by molar-refractivity contribution is 6.35. The van der Waals surface area contributed by atoms with Crippen LogP contribution in [0.5, 0.6) is 0 Å². The average Bonchev–Trinajstić information content (AvgIpc) is 2.67. The summed E-state index contributed by atoms with van der Waals surface area (Å²) in [5, 5.41) is 10.6. The second-order valence-electron chi connectivity index (χ2n) is 4.03. The Morgan fingerprint density at radius 3 is 2.40 bits per heavy atom. The normalized spacial score (nSPS) is 18.7. The maximum absolute atomic E-state index is 9.32. The predicted octanol–water partition coefficient (Wildman–Crippen LogP) is 4.33. The first kappa shape index (κ1) is 10.8. The van der Waals surface area contributed by atoms with Crippen molar-refractivity contribution in [2.45, 2.75) is 31.1 Å². The first-order chi connectivity index (χ1) is 7.18. The number of nitrogens with zero attached hydrogens (tertiary/aromatic N) is 1. The summed E-state index contributed by atoms with van der Waals surface area (Å²) >= 11 is 12.0. The van der Waals surface area contributed by atoms with E-state index in [0.29, 0.717) is 10.0 Å². The van der Waals surface area contributed by atoms with Gasteiger partial charge in [-0.15, -0.1) is 0 Å². The van der Waals surface area contributed by atoms with Crippen LogP contribution < -0.4 is 0 Å². The van der Waals surface area contributed by atoms with Crippen molar-refractivity contribution in [3.63, 3.8) is 0 Å². The number of hydrogen-bond acceptors (Lipinski definition) is 1. The van der Waals surface area contributed by atoms with Crippen molar-refractivity contribution >= 4 is 23.2 Å². The summed E-state index contributed by atoms with van der Waals surface area (Å²) in [5.41, 5.74) is 0.565. The maximum Gasteiger partial charge on any atom is 0.0836 e. The van der Waals surface area contributed by atoms with Crippen molar-refractivity contribution in [3.8, 4) is 6.07 Å². The monoisotopic (exact) mass is 239 g/mol. The number of nitriles is 1. The summed E-state index contributed by atoms with van der Waals surface area (Å²) in [4.78, 5) is 0. The maximum atomic E-state index is 9.32. The third-order valence-electron chi connectivity index (χ3n) is 3.12. The molecule has 1 saturated carbocycles. The summed E-state index contributed by atoms with van der Waals surface area (Å²) in [6.45, 7) is 0. The summed E-state index contributed by atoms with van der Waals surface area (Å²) in [6.07, 6.45) is 4.02. The highest BCUT2D eigenvalue weighted by Gasteiger charge is 2.37. The molecule has 15 heavy (non-hydrogen) atoms. The zero-order valence-corrected chi connectivity index (χ0v) is 9.78. The quantitative estimate of drug-likeness (QED) is 0.716. The Morgan fingerprint density at radius 1 is 1.20 bits per heavy atom. The van der Waals surface area contributed by atoms with Crippen molar-refractivity contribution < 1.29 is 0 Å². The van der Waals surface area contributed by atoms with Crippen molar-refractivity contribution in [1.29, 1.82) is 5.26 Å². The van der Waals surface area contributed by atoms with Crippen LogP contribution in [-0.4, -0.2) is 0 Å². The van der Waals surface area contributed by atoms with E-state index in [-0.39, 0.29) is 5.41 Å². The zero-order valence-electron chi connectivity index (χ0n) is 8.26. The molecule has 0 bridgehead atoms. The van der Waals surface area contributed by atoms with Gasteiger partial charge in [0.2, 0.25) is 0 Å². The van der Waals surface area contributed by atoms with Crippen LogP contribution in [-0.2, 0) is 5.41 Å². The van der Waals surface area contributed by atoms with Gasteiger partial charge in [0.15, 0.2) is 0 Å². The molecule has 0 aromatic heterocycles. The summed E-state index contributed by atoms with van der Waals surface area (Å²) in [6, 6.07) is 7.84. The van der Waals surface area contributed by atoms with Gasteiger partial charge in [-0.3, -0.25) is 0 Å². The Bertz CT molecular complexity index is 414. The summed E-state index contributed by atoms with van der Waals surface area (Å²) < 4.78 is 0. The molecule has 0 radical (unpaired) electrons. The summed E-state index contributed by atoms with van der Waals surface area (Å²) in [5.74, 6) is 0. The Kier molecular flexibility index (Phi) is 2.91. The molecule has 78 valence electrons. The molecule has 0 amide bonds. The first-order valence-corrected chi connectivity index (χ1v) is 5.80. The highest BCUT2D eigenvalue weighted by Crippen LogP contribution is 2.43. The van der Waals surface area contributed by atoms with Crippen LogP contribution in [0.4, 0.5) is 0 Å². The molecule has 0 saturated heterocycles. The van der Waals surface area contributed by atoms with E-state index in [9.17, 15) is 5.26 Å². The third kappa shape index (κ3) is 1.85. The van der Waals surface area contributed by atoms with Crippen LogP contribution in [0.25, 0.3) is 0 Å². The van der Waals surface area contributed by atoms with E-state index in [2.05, 4.69) is 6.07 Å². The van der Waals surface area contributed by atoms with Crippen LogP contribution >= 0.6 is 23.2 Å². The number of benzene rings is 1. The molecule has 2 rings (SSSR count). The van der Waals surface area contributed by atoms with Crippen molar-refractivity contribution in [2.24, 2.45) is 0 Å². The minimum absolute atomic E-state index is 0.373. The lowest BCUT2D eigenvalue weighted by Gasteiger charge is -2.21. The SMILES string of the molecule is N#CC1(c2ccc(Cl)cc2Cl)CCCC1. The van der Waals surface area contributed by atoms with Gasteiger partial charge in [-0.05, 0) is 30.5 Å².